The first-order valence-electron chi connectivity index (χ1n) is 6.14. The average Bonchev–Trinajstić information content (AvgIpc) is 2.45. The summed E-state index contributed by atoms with van der Waals surface area (Å²) in [6.45, 7) is -0.791. The molecule has 0 aliphatic rings. The number of aliphatic carboxylic acids is 1. The molecule has 0 aromatic rings. The lowest BCUT2D eigenvalue weighted by molar-refractivity contribution is -0.143. The first-order chi connectivity index (χ1) is 9.79. The summed E-state index contributed by atoms with van der Waals surface area (Å²) in [5.41, 5.74) is 0. The van der Waals surface area contributed by atoms with Gasteiger partial charge in [0.2, 0.25) is 5.91 Å². The Morgan fingerprint density at radius 2 is 1.76 bits per heavy atom. The molecule has 0 aliphatic carbocycles. The van der Waals surface area contributed by atoms with Gasteiger partial charge in [-0.3, -0.25) is 4.79 Å². The number of aliphatic hydroxyl groups is 4. The van der Waals surface area contributed by atoms with Gasteiger partial charge in [0, 0.05) is 5.75 Å². The number of hydrogen-bond acceptors (Lipinski definition) is 8. The molecule has 5 atom stereocenters. The van der Waals surface area contributed by atoms with Gasteiger partial charge in [-0.05, 0) is 13.3 Å². The molecule has 0 aromatic heterocycles. The Morgan fingerprint density at radius 3 is 2.14 bits per heavy atom. The summed E-state index contributed by atoms with van der Waals surface area (Å²) >= 11 is 1.22. The van der Waals surface area contributed by atoms with E-state index in [0.29, 0.717) is 0 Å². The van der Waals surface area contributed by atoms with Crippen LogP contribution in [-0.2, 0) is 9.59 Å². The van der Waals surface area contributed by atoms with E-state index < -0.39 is 48.9 Å². The highest BCUT2D eigenvalue weighted by molar-refractivity contribution is 7.98. The van der Waals surface area contributed by atoms with Gasteiger partial charge in [0.15, 0.2) is 0 Å². The number of aliphatic hydroxyl groups excluding tert-OH is 4. The van der Waals surface area contributed by atoms with Crippen LogP contribution in [0.1, 0.15) is 0 Å². The minimum Gasteiger partial charge on any atom is -0.480 e. The molecular formula is C11H22N2O7S. The minimum absolute atomic E-state index is 0.134. The van der Waals surface area contributed by atoms with Crippen LogP contribution in [0.3, 0.4) is 0 Å². The molecule has 0 bridgehead atoms. The van der Waals surface area contributed by atoms with Crippen LogP contribution in [0, 0.1) is 0 Å². The molecule has 0 radical (unpaired) electrons. The summed E-state index contributed by atoms with van der Waals surface area (Å²) in [6.07, 6.45) is -3.43. The fourth-order valence-electron chi connectivity index (χ4n) is 1.59. The third-order valence-corrected chi connectivity index (χ3v) is 3.48. The highest BCUT2D eigenvalue weighted by Crippen LogP contribution is 2.06. The molecule has 4 unspecified atom stereocenters. The van der Waals surface area contributed by atoms with Gasteiger partial charge in [0.25, 0.3) is 0 Å². The maximum absolute atomic E-state index is 12.0. The summed E-state index contributed by atoms with van der Waals surface area (Å²) in [4.78, 5) is 22.9. The van der Waals surface area contributed by atoms with Gasteiger partial charge in [-0.2, -0.15) is 11.8 Å². The van der Waals surface area contributed by atoms with Crippen LogP contribution in [0.2, 0.25) is 0 Å². The van der Waals surface area contributed by atoms with E-state index in [4.69, 9.17) is 10.2 Å². The first kappa shape index (κ1) is 20.1. The zero-order valence-corrected chi connectivity index (χ0v) is 12.6. The summed E-state index contributed by atoms with van der Waals surface area (Å²) in [7, 11) is 1.33. The number of carboxylic acid groups (broad SMARTS) is 1. The largest absolute Gasteiger partial charge is 0.480 e. The van der Waals surface area contributed by atoms with Crippen LogP contribution in [0.15, 0.2) is 0 Å². The molecule has 0 fully saturated rings. The van der Waals surface area contributed by atoms with Gasteiger partial charge >= 0.3 is 5.97 Å². The Kier molecular flexibility index (Phi) is 9.49. The maximum atomic E-state index is 12.0. The van der Waals surface area contributed by atoms with Crippen molar-refractivity contribution in [2.45, 2.75) is 30.4 Å². The summed E-state index contributed by atoms with van der Waals surface area (Å²) in [5, 5.41) is 51.0. The van der Waals surface area contributed by atoms with E-state index >= 15 is 0 Å². The Hall–Kier alpha value is -0.910. The van der Waals surface area contributed by atoms with Gasteiger partial charge in [0.05, 0.1) is 6.61 Å². The number of nitrogens with one attached hydrogen (secondary N) is 2. The molecule has 0 aromatic carbocycles. The van der Waals surface area contributed by atoms with E-state index in [9.17, 15) is 24.9 Å². The molecule has 0 spiro atoms. The van der Waals surface area contributed by atoms with Crippen LogP contribution in [0.4, 0.5) is 0 Å². The molecule has 124 valence electrons. The van der Waals surface area contributed by atoms with Gasteiger partial charge in [0.1, 0.15) is 30.4 Å². The molecule has 0 heterocycles. The molecule has 10 heteroatoms. The smallest absolute Gasteiger partial charge is 0.327 e. The molecule has 21 heavy (non-hydrogen) atoms. The molecule has 0 saturated heterocycles. The van der Waals surface area contributed by atoms with Crippen molar-refractivity contribution in [2.24, 2.45) is 0 Å². The maximum Gasteiger partial charge on any atom is 0.327 e. The third kappa shape index (κ3) is 6.16. The number of carbonyl (C=O) groups is 2. The van der Waals surface area contributed by atoms with E-state index in [0.717, 1.165) is 0 Å². The standard InChI is InChI=1S/C11H22N2O7S/c1-12-7(9(17)8(16)6(15)3-14)10(18)13-5(4-21-2)11(19)20/h5-9,12,14-17H,3-4H2,1-2H3,(H,13,18)(H,19,20)/t5-,6?,7?,8?,9?/m0/s1. The Bertz CT molecular complexity index is 345. The molecule has 1 amide bonds. The van der Waals surface area contributed by atoms with E-state index in [1.54, 1.807) is 6.26 Å². The number of thioether (sulfide) groups is 1. The lowest BCUT2D eigenvalue weighted by atomic mass is 10.0. The normalized spacial score (nSPS) is 18.4. The van der Waals surface area contributed by atoms with Crippen LogP contribution in [-0.4, -0.2) is 93.5 Å². The Morgan fingerprint density at radius 1 is 1.19 bits per heavy atom. The number of likely N-dealkylation sites (N-methyl/N-ethyl adjacent to an activating group) is 1. The number of rotatable bonds is 10. The zero-order chi connectivity index (χ0) is 16.6. The molecule has 0 saturated carbocycles. The minimum atomic E-state index is -1.76. The van der Waals surface area contributed by atoms with Crippen LogP contribution < -0.4 is 10.6 Å². The molecule has 9 nitrogen and oxygen atoms in total. The van der Waals surface area contributed by atoms with Crippen LogP contribution >= 0.6 is 11.8 Å². The van der Waals surface area contributed by atoms with Crippen molar-refractivity contribution in [3.8, 4) is 0 Å². The van der Waals surface area contributed by atoms with Gasteiger partial charge in [-0.25, -0.2) is 4.79 Å². The van der Waals surface area contributed by atoms with E-state index in [2.05, 4.69) is 10.6 Å². The quantitative estimate of drug-likeness (QED) is 0.217. The van der Waals surface area contributed by atoms with Crippen LogP contribution in [0.25, 0.3) is 0 Å². The van der Waals surface area contributed by atoms with Crippen molar-refractivity contribution in [2.75, 3.05) is 25.7 Å². The highest BCUT2D eigenvalue weighted by atomic mass is 32.2. The Balaban J connectivity index is 4.85. The molecular weight excluding hydrogens is 304 g/mol. The summed E-state index contributed by atoms with van der Waals surface area (Å²) in [5.74, 6) is -1.93. The second kappa shape index (κ2) is 9.92. The third-order valence-electron chi connectivity index (χ3n) is 2.81. The fourth-order valence-corrected chi connectivity index (χ4v) is 2.15. The van der Waals surface area contributed by atoms with Gasteiger partial charge in [-0.15, -0.1) is 0 Å². The second-order valence-corrected chi connectivity index (χ2v) is 5.26. The van der Waals surface area contributed by atoms with Gasteiger partial charge < -0.3 is 36.2 Å². The zero-order valence-electron chi connectivity index (χ0n) is 11.8. The number of carbonyl (C=O) groups excluding carboxylic acids is 1. The number of amides is 1. The van der Waals surface area contributed by atoms with Crippen molar-refractivity contribution < 1.29 is 35.1 Å². The lowest BCUT2D eigenvalue weighted by Gasteiger charge is -2.28. The van der Waals surface area contributed by atoms with Gasteiger partial charge in [-0.1, -0.05) is 0 Å². The number of carboxylic acids is 1. The highest BCUT2D eigenvalue weighted by Gasteiger charge is 2.35. The van der Waals surface area contributed by atoms with Crippen LogP contribution in [0.5, 0.6) is 0 Å². The Labute approximate surface area is 126 Å². The SMILES string of the molecule is CNC(C(=O)N[C@@H](CSC)C(=O)O)C(O)C(O)C(O)CO. The number of hydrogen-bond donors (Lipinski definition) is 7. The molecule has 7 N–H and O–H groups in total. The van der Waals surface area contributed by atoms with Crippen molar-refractivity contribution in [1.29, 1.82) is 0 Å². The van der Waals surface area contributed by atoms with Crippen molar-refractivity contribution in [1.82, 2.24) is 10.6 Å². The van der Waals surface area contributed by atoms with Crippen molar-refractivity contribution in [3.05, 3.63) is 0 Å². The molecule has 0 aliphatic heterocycles. The topological polar surface area (TPSA) is 159 Å². The predicted molar refractivity (Wildman–Crippen MR) is 75.9 cm³/mol. The summed E-state index contributed by atoms with van der Waals surface area (Å²) < 4.78 is 0. The monoisotopic (exact) mass is 326 g/mol. The van der Waals surface area contributed by atoms with Crippen molar-refractivity contribution >= 4 is 23.6 Å². The van der Waals surface area contributed by atoms with E-state index in [-0.39, 0.29) is 5.75 Å². The van der Waals surface area contributed by atoms with E-state index in [1.165, 1.54) is 18.8 Å². The average molecular weight is 326 g/mol. The predicted octanol–water partition coefficient (Wildman–Crippen LogP) is -3.42. The van der Waals surface area contributed by atoms with E-state index in [1.807, 2.05) is 0 Å². The van der Waals surface area contributed by atoms with Crippen molar-refractivity contribution in [3.63, 3.8) is 0 Å². The first-order valence-corrected chi connectivity index (χ1v) is 7.53. The fraction of sp³-hybridized carbons (Fsp3) is 0.818. The lowest BCUT2D eigenvalue weighted by Crippen LogP contribution is -2.59. The molecule has 0 rings (SSSR count). The second-order valence-electron chi connectivity index (χ2n) is 4.35. The summed E-state index contributed by atoms with van der Waals surface area (Å²) in [6, 6.07) is -2.49.